The first-order valence-corrected chi connectivity index (χ1v) is 9.31. The SMILES string of the molecule is COc1ccc(N2C(=O)[C@H](c3ccccc3)[C@@H]2C2CCCCC2)cc1. The smallest absolute Gasteiger partial charge is 0.236 e. The summed E-state index contributed by atoms with van der Waals surface area (Å²) in [5.74, 6) is 1.66. The van der Waals surface area contributed by atoms with Crippen LogP contribution in [0.4, 0.5) is 5.69 Å². The predicted octanol–water partition coefficient (Wildman–Crippen LogP) is 4.77. The lowest BCUT2D eigenvalue weighted by Crippen LogP contribution is -2.63. The minimum atomic E-state index is 0.00593. The largest absolute Gasteiger partial charge is 0.497 e. The Bertz CT molecular complexity index is 719. The molecule has 130 valence electrons. The average Bonchev–Trinajstić information content (AvgIpc) is 2.68. The summed E-state index contributed by atoms with van der Waals surface area (Å²) in [5, 5.41) is 0. The molecule has 1 saturated carbocycles. The summed E-state index contributed by atoms with van der Waals surface area (Å²) in [4.78, 5) is 15.1. The Kier molecular flexibility index (Phi) is 4.48. The van der Waals surface area contributed by atoms with E-state index in [4.69, 9.17) is 4.74 Å². The molecule has 0 aromatic heterocycles. The molecule has 0 unspecified atom stereocenters. The van der Waals surface area contributed by atoms with Crippen molar-refractivity contribution in [1.29, 1.82) is 0 Å². The van der Waals surface area contributed by atoms with Crippen LogP contribution in [-0.2, 0) is 4.79 Å². The summed E-state index contributed by atoms with van der Waals surface area (Å²) in [5.41, 5.74) is 2.15. The maximum Gasteiger partial charge on any atom is 0.236 e. The van der Waals surface area contributed by atoms with Crippen molar-refractivity contribution in [3.05, 3.63) is 60.2 Å². The van der Waals surface area contributed by atoms with E-state index in [0.717, 1.165) is 17.0 Å². The number of rotatable bonds is 4. The molecular formula is C22H25NO2. The van der Waals surface area contributed by atoms with E-state index < -0.39 is 0 Å². The van der Waals surface area contributed by atoms with Crippen LogP contribution < -0.4 is 9.64 Å². The monoisotopic (exact) mass is 335 g/mol. The number of carbonyl (C=O) groups is 1. The molecule has 0 radical (unpaired) electrons. The second-order valence-corrected chi connectivity index (χ2v) is 7.18. The number of carbonyl (C=O) groups excluding carboxylic acids is 1. The molecule has 3 heteroatoms. The molecule has 0 bridgehead atoms. The van der Waals surface area contributed by atoms with Gasteiger partial charge in [-0.25, -0.2) is 0 Å². The number of anilines is 1. The van der Waals surface area contributed by atoms with Crippen molar-refractivity contribution in [2.45, 2.75) is 44.1 Å². The zero-order valence-electron chi connectivity index (χ0n) is 14.7. The van der Waals surface area contributed by atoms with Crippen molar-refractivity contribution >= 4 is 11.6 Å². The molecule has 1 amide bonds. The van der Waals surface area contributed by atoms with E-state index in [1.807, 2.05) is 47.4 Å². The van der Waals surface area contributed by atoms with Gasteiger partial charge in [0, 0.05) is 5.69 Å². The van der Waals surface area contributed by atoms with Crippen LogP contribution in [0.3, 0.4) is 0 Å². The van der Waals surface area contributed by atoms with Crippen LogP contribution in [0.15, 0.2) is 54.6 Å². The van der Waals surface area contributed by atoms with Gasteiger partial charge >= 0.3 is 0 Å². The third-order valence-electron chi connectivity index (χ3n) is 5.79. The zero-order valence-corrected chi connectivity index (χ0v) is 14.7. The fraction of sp³-hybridized carbons (Fsp3) is 0.409. The summed E-state index contributed by atoms with van der Waals surface area (Å²) in [7, 11) is 1.67. The fourth-order valence-electron chi connectivity index (χ4n) is 4.51. The topological polar surface area (TPSA) is 29.5 Å². The molecule has 2 aromatic rings. The number of hydrogen-bond acceptors (Lipinski definition) is 2. The van der Waals surface area contributed by atoms with E-state index in [0.29, 0.717) is 5.92 Å². The Hall–Kier alpha value is -2.29. The van der Waals surface area contributed by atoms with E-state index in [-0.39, 0.29) is 17.9 Å². The Morgan fingerprint density at radius 2 is 1.60 bits per heavy atom. The standard InChI is InChI=1S/C22H25NO2/c1-25-19-14-12-18(13-15-19)23-21(17-10-6-3-7-11-17)20(22(23)24)16-8-4-2-5-9-16/h2,4-5,8-9,12-15,17,20-21H,3,6-7,10-11H2,1H3/t20-,21+/m1/s1. The molecule has 1 saturated heterocycles. The Balaban J connectivity index is 1.66. The van der Waals surface area contributed by atoms with E-state index in [9.17, 15) is 4.79 Å². The van der Waals surface area contributed by atoms with E-state index in [1.54, 1.807) is 7.11 Å². The van der Waals surface area contributed by atoms with Crippen molar-refractivity contribution in [3.63, 3.8) is 0 Å². The highest BCUT2D eigenvalue weighted by atomic mass is 16.5. The van der Waals surface area contributed by atoms with Gasteiger partial charge in [-0.1, -0.05) is 49.6 Å². The lowest BCUT2D eigenvalue weighted by atomic mass is 9.70. The van der Waals surface area contributed by atoms with Gasteiger partial charge in [0.25, 0.3) is 0 Å². The summed E-state index contributed by atoms with van der Waals surface area (Å²) in [6, 6.07) is 18.5. The number of β-lactam (4-membered cyclic amide) rings is 1. The van der Waals surface area contributed by atoms with Gasteiger partial charge in [-0.3, -0.25) is 4.79 Å². The second kappa shape index (κ2) is 6.91. The molecule has 2 fully saturated rings. The summed E-state index contributed by atoms with van der Waals surface area (Å²) < 4.78 is 5.26. The second-order valence-electron chi connectivity index (χ2n) is 7.18. The Morgan fingerprint density at radius 3 is 2.24 bits per heavy atom. The minimum absolute atomic E-state index is 0.00593. The average molecular weight is 335 g/mol. The lowest BCUT2D eigenvalue weighted by Gasteiger charge is -2.52. The Morgan fingerprint density at radius 1 is 0.920 bits per heavy atom. The van der Waals surface area contributed by atoms with Gasteiger partial charge in [0.15, 0.2) is 0 Å². The first-order chi connectivity index (χ1) is 12.3. The van der Waals surface area contributed by atoms with Crippen LogP contribution in [0.5, 0.6) is 5.75 Å². The minimum Gasteiger partial charge on any atom is -0.497 e. The molecule has 25 heavy (non-hydrogen) atoms. The highest BCUT2D eigenvalue weighted by molar-refractivity contribution is 6.06. The van der Waals surface area contributed by atoms with Crippen LogP contribution in [0.1, 0.15) is 43.6 Å². The summed E-state index contributed by atoms with van der Waals surface area (Å²) >= 11 is 0. The van der Waals surface area contributed by atoms with Crippen molar-refractivity contribution in [3.8, 4) is 5.75 Å². The lowest BCUT2D eigenvalue weighted by molar-refractivity contribution is -0.127. The molecular weight excluding hydrogens is 310 g/mol. The van der Waals surface area contributed by atoms with Crippen LogP contribution in [-0.4, -0.2) is 19.1 Å². The first-order valence-electron chi connectivity index (χ1n) is 9.31. The van der Waals surface area contributed by atoms with Gasteiger partial charge in [-0.2, -0.15) is 0 Å². The van der Waals surface area contributed by atoms with E-state index in [2.05, 4.69) is 12.1 Å². The van der Waals surface area contributed by atoms with E-state index >= 15 is 0 Å². The highest BCUT2D eigenvalue weighted by Crippen LogP contribution is 2.46. The molecule has 0 N–H and O–H groups in total. The number of methoxy groups -OCH3 is 1. The number of ether oxygens (including phenoxy) is 1. The third-order valence-corrected chi connectivity index (χ3v) is 5.79. The molecule has 1 aliphatic carbocycles. The van der Waals surface area contributed by atoms with Crippen LogP contribution in [0.25, 0.3) is 0 Å². The van der Waals surface area contributed by atoms with Crippen molar-refractivity contribution in [1.82, 2.24) is 0 Å². The fourth-order valence-corrected chi connectivity index (χ4v) is 4.51. The van der Waals surface area contributed by atoms with Gasteiger partial charge in [-0.05, 0) is 48.6 Å². The molecule has 1 aliphatic heterocycles. The van der Waals surface area contributed by atoms with E-state index in [1.165, 1.54) is 32.1 Å². The van der Waals surface area contributed by atoms with Crippen LogP contribution in [0, 0.1) is 5.92 Å². The molecule has 1 heterocycles. The predicted molar refractivity (Wildman–Crippen MR) is 100 cm³/mol. The van der Waals surface area contributed by atoms with Crippen molar-refractivity contribution in [2.24, 2.45) is 5.92 Å². The highest BCUT2D eigenvalue weighted by Gasteiger charge is 2.51. The summed E-state index contributed by atoms with van der Waals surface area (Å²) in [6.45, 7) is 0. The van der Waals surface area contributed by atoms with Crippen molar-refractivity contribution in [2.75, 3.05) is 12.0 Å². The molecule has 3 nitrogen and oxygen atoms in total. The van der Waals surface area contributed by atoms with Crippen molar-refractivity contribution < 1.29 is 9.53 Å². The Labute approximate surface area is 149 Å². The van der Waals surface area contributed by atoms with Gasteiger partial charge in [0.2, 0.25) is 5.91 Å². The van der Waals surface area contributed by atoms with Gasteiger partial charge in [-0.15, -0.1) is 0 Å². The number of hydrogen-bond donors (Lipinski definition) is 0. The number of nitrogens with zero attached hydrogens (tertiary/aromatic N) is 1. The number of benzene rings is 2. The molecule has 2 atom stereocenters. The van der Waals surface area contributed by atoms with Gasteiger partial charge in [0.05, 0.1) is 19.1 Å². The molecule has 2 aliphatic rings. The molecule has 4 rings (SSSR count). The van der Waals surface area contributed by atoms with Crippen LogP contribution >= 0.6 is 0 Å². The van der Waals surface area contributed by atoms with Crippen LogP contribution in [0.2, 0.25) is 0 Å². The first kappa shape index (κ1) is 16.2. The summed E-state index contributed by atoms with van der Waals surface area (Å²) in [6.07, 6.45) is 6.36. The zero-order chi connectivity index (χ0) is 17.2. The molecule has 0 spiro atoms. The normalized spacial score (nSPS) is 24.0. The maximum absolute atomic E-state index is 13.1. The molecule has 2 aromatic carbocycles. The van der Waals surface area contributed by atoms with Gasteiger partial charge in [0.1, 0.15) is 5.75 Å². The quantitative estimate of drug-likeness (QED) is 0.753. The maximum atomic E-state index is 13.1. The number of amides is 1. The third kappa shape index (κ3) is 2.92. The van der Waals surface area contributed by atoms with Gasteiger partial charge < -0.3 is 9.64 Å².